The van der Waals surface area contributed by atoms with Gasteiger partial charge in [0.05, 0.1) is 21.8 Å². The van der Waals surface area contributed by atoms with E-state index in [2.05, 4.69) is 92.2 Å². The third kappa shape index (κ3) is 5.04. The van der Waals surface area contributed by atoms with Gasteiger partial charge < -0.3 is 0 Å². The van der Waals surface area contributed by atoms with Crippen LogP contribution < -0.4 is 10.0 Å². The van der Waals surface area contributed by atoms with Crippen LogP contribution in [0, 0.1) is 35.5 Å². The Kier molecular flexibility index (Phi) is 7.06. The van der Waals surface area contributed by atoms with Gasteiger partial charge in [-0.15, -0.1) is 0 Å². The Bertz CT molecular complexity index is 1520. The van der Waals surface area contributed by atoms with Gasteiger partial charge in [-0.25, -0.2) is 8.93 Å². The second-order valence-corrected chi connectivity index (χ2v) is 22.8. The van der Waals surface area contributed by atoms with Gasteiger partial charge in [-0.3, -0.25) is 0 Å². The number of benzene rings is 3. The average Bonchev–Trinajstić information content (AvgIpc) is 2.98. The van der Waals surface area contributed by atoms with Crippen LogP contribution in [0.25, 0.3) is 10.8 Å². The average molecular weight is 638 g/mol. The van der Waals surface area contributed by atoms with Crippen LogP contribution in [-0.4, -0.2) is 19.3 Å². The first-order chi connectivity index (χ1) is 21.7. The third-order valence-corrected chi connectivity index (χ3v) is 18.8. The fraction of sp³-hybridized carbons (Fsp3) is 0.610. The van der Waals surface area contributed by atoms with E-state index in [4.69, 9.17) is 0 Å². The molecule has 0 radical (unpaired) electrons. The van der Waals surface area contributed by atoms with Crippen LogP contribution >= 0.6 is 7.92 Å². The summed E-state index contributed by atoms with van der Waals surface area (Å²) in [6, 6.07) is 25.3. The molecule has 8 saturated carbocycles. The quantitative estimate of drug-likeness (QED) is 0.257. The smallest absolute Gasteiger partial charge is 0.0979 e. The van der Waals surface area contributed by atoms with E-state index in [0.717, 1.165) is 35.5 Å². The maximum Gasteiger partial charge on any atom is 0.0979 e. The van der Waals surface area contributed by atoms with Gasteiger partial charge in [0.2, 0.25) is 0 Å². The molecule has 0 heterocycles. The zero-order valence-electron chi connectivity index (χ0n) is 27.6. The lowest BCUT2D eigenvalue weighted by molar-refractivity contribution is 0.0195. The van der Waals surface area contributed by atoms with E-state index in [9.17, 15) is 4.21 Å². The summed E-state index contributed by atoms with van der Waals surface area (Å²) in [5.74, 6) is 5.78. The van der Waals surface area contributed by atoms with E-state index in [-0.39, 0.29) is 18.7 Å². The highest BCUT2D eigenvalue weighted by atomic mass is 32.2. The van der Waals surface area contributed by atoms with Crippen LogP contribution in [0.15, 0.2) is 66.7 Å². The Labute approximate surface area is 275 Å². The lowest BCUT2D eigenvalue weighted by Crippen LogP contribution is -2.58. The van der Waals surface area contributed by atoms with Crippen molar-refractivity contribution in [2.45, 2.75) is 119 Å². The molecule has 0 saturated heterocycles. The minimum absolute atomic E-state index is 0.0845. The van der Waals surface area contributed by atoms with Gasteiger partial charge in [0.25, 0.3) is 0 Å². The van der Waals surface area contributed by atoms with Crippen molar-refractivity contribution in [3.05, 3.63) is 77.9 Å². The summed E-state index contributed by atoms with van der Waals surface area (Å²) in [5, 5.41) is 5.24. The monoisotopic (exact) mass is 637 g/mol. The molecule has 0 aromatic heterocycles. The Morgan fingerprint density at radius 2 is 1.13 bits per heavy atom. The molecule has 4 heteroatoms. The van der Waals surface area contributed by atoms with Crippen molar-refractivity contribution < 1.29 is 4.21 Å². The molecule has 8 bridgehead atoms. The summed E-state index contributed by atoms with van der Waals surface area (Å²) in [4.78, 5) is 0. The van der Waals surface area contributed by atoms with E-state index in [1.807, 2.05) is 0 Å². The molecule has 3 aromatic rings. The molecule has 8 aliphatic carbocycles. The molecular weight excluding hydrogens is 585 g/mol. The number of nitrogens with one attached hydrogen (secondary N) is 1. The highest BCUT2D eigenvalue weighted by Gasteiger charge is 2.63. The van der Waals surface area contributed by atoms with Gasteiger partial charge in [-0.1, -0.05) is 68.6 Å². The minimum atomic E-state index is -1.19. The molecule has 0 amide bonds. The topological polar surface area (TPSA) is 29.1 Å². The highest BCUT2D eigenvalue weighted by molar-refractivity contribution is 7.84. The zero-order chi connectivity index (χ0) is 30.6. The summed E-state index contributed by atoms with van der Waals surface area (Å²) in [6.45, 7) is 6.33. The zero-order valence-corrected chi connectivity index (χ0v) is 29.4. The number of rotatable bonds is 7. The first-order valence-electron chi connectivity index (χ1n) is 18.2. The van der Waals surface area contributed by atoms with Crippen molar-refractivity contribution in [1.82, 2.24) is 4.72 Å². The summed E-state index contributed by atoms with van der Waals surface area (Å²) < 4.78 is 17.5. The van der Waals surface area contributed by atoms with Crippen molar-refractivity contribution in [2.24, 2.45) is 35.5 Å². The molecule has 0 spiro atoms. The van der Waals surface area contributed by atoms with Crippen LogP contribution in [0.3, 0.4) is 0 Å². The van der Waals surface area contributed by atoms with Crippen LogP contribution in [0.5, 0.6) is 0 Å². The Hall–Kier alpha value is -1.54. The molecular formula is C41H52NOPS. The van der Waals surface area contributed by atoms with Crippen LogP contribution in [-0.2, 0) is 11.0 Å². The van der Waals surface area contributed by atoms with Crippen LogP contribution in [0.4, 0.5) is 0 Å². The number of hydrogen-bond acceptors (Lipinski definition) is 1. The van der Waals surface area contributed by atoms with Gasteiger partial charge in [-0.2, -0.15) is 0 Å². The number of hydrogen-bond donors (Lipinski definition) is 1. The van der Waals surface area contributed by atoms with Crippen molar-refractivity contribution in [1.29, 1.82) is 0 Å². The molecule has 2 nitrogen and oxygen atoms in total. The summed E-state index contributed by atoms with van der Waals surface area (Å²) in [7, 11) is -1.56. The molecule has 8 aliphatic rings. The van der Waals surface area contributed by atoms with Gasteiger partial charge in [0.1, 0.15) is 0 Å². The lowest BCUT2D eigenvalue weighted by atomic mass is 9.55. The van der Waals surface area contributed by atoms with Crippen LogP contribution in [0.2, 0.25) is 0 Å². The molecule has 11 rings (SSSR count). The predicted molar refractivity (Wildman–Crippen MR) is 192 cm³/mol. The largest absolute Gasteiger partial charge is 0.242 e. The second kappa shape index (κ2) is 10.7. The van der Waals surface area contributed by atoms with Crippen molar-refractivity contribution in [3.63, 3.8) is 0 Å². The highest BCUT2D eigenvalue weighted by Crippen LogP contribution is 2.78. The molecule has 45 heavy (non-hydrogen) atoms. The fourth-order valence-corrected chi connectivity index (χ4v) is 18.8. The van der Waals surface area contributed by atoms with E-state index in [0.29, 0.717) is 10.3 Å². The van der Waals surface area contributed by atoms with Gasteiger partial charge >= 0.3 is 0 Å². The molecule has 2 atom stereocenters. The van der Waals surface area contributed by atoms with E-state index < -0.39 is 11.0 Å². The minimum Gasteiger partial charge on any atom is -0.242 e. The SMILES string of the molecule is CC(C)(C)[S@@](=O)N[C@H](c1ccc2ccccc2c1)c1ccccc1P(C12CC3CC(CC(C3)C1)C2)C12CC3CC(CC(C3)C1)C2. The Balaban J connectivity index is 1.23. The van der Waals surface area contributed by atoms with E-state index in [1.54, 1.807) is 5.30 Å². The standard InChI is InChI=1S/C41H52NOPS/c1-39(2,3)45(43)42-38(35-13-12-33-8-4-5-9-34(33)20-35)36-10-6-7-11-37(36)44(40-21-27-14-28(22-40)16-29(15-27)23-40)41-24-30-17-31(25-41)19-32(18-30)26-41/h4-13,20,27-32,38,42H,14-19,21-26H2,1-3H3/t27?,28?,29?,30?,31?,32?,38-,40?,41?,44?,45-/m1/s1. The van der Waals surface area contributed by atoms with Gasteiger partial charge in [0.15, 0.2) is 0 Å². The molecule has 3 aromatic carbocycles. The lowest BCUT2D eigenvalue weighted by Gasteiger charge is -2.67. The normalized spacial score (nSPS) is 38.5. The first kappa shape index (κ1) is 29.6. The maximum absolute atomic E-state index is 14.0. The molecule has 238 valence electrons. The third-order valence-electron chi connectivity index (χ3n) is 13.3. The molecule has 0 aliphatic heterocycles. The van der Waals surface area contributed by atoms with Crippen LogP contribution in [0.1, 0.15) is 115 Å². The Morgan fingerprint density at radius 1 is 0.667 bits per heavy atom. The summed E-state index contributed by atoms with van der Waals surface area (Å²) in [6.07, 6.45) is 18.0. The maximum atomic E-state index is 14.0. The van der Waals surface area contributed by atoms with Gasteiger partial charge in [-0.05, 0) is 177 Å². The predicted octanol–water partition coefficient (Wildman–Crippen LogP) is 10.0. The summed E-state index contributed by atoms with van der Waals surface area (Å²) in [5.41, 5.74) is 2.69. The fourth-order valence-electron chi connectivity index (χ4n) is 12.6. The summed E-state index contributed by atoms with van der Waals surface area (Å²) >= 11 is 0. The molecule has 8 fully saturated rings. The molecule has 1 N–H and O–H groups in total. The Morgan fingerprint density at radius 3 is 1.64 bits per heavy atom. The van der Waals surface area contributed by atoms with Crippen molar-refractivity contribution in [2.75, 3.05) is 0 Å². The van der Waals surface area contributed by atoms with Crippen molar-refractivity contribution >= 4 is 35.0 Å². The van der Waals surface area contributed by atoms with Gasteiger partial charge in [0, 0.05) is 0 Å². The van der Waals surface area contributed by atoms with Crippen molar-refractivity contribution in [3.8, 4) is 0 Å². The van der Waals surface area contributed by atoms with E-state index in [1.165, 1.54) is 98.9 Å². The second-order valence-electron chi connectivity index (χ2n) is 17.7. The van der Waals surface area contributed by atoms with E-state index >= 15 is 0 Å². The first-order valence-corrected chi connectivity index (χ1v) is 20.7. The molecule has 0 unspecified atom stereocenters. The number of fused-ring (bicyclic) bond motifs is 1.